The fourth-order valence-corrected chi connectivity index (χ4v) is 6.81. The molecule has 2 N–H and O–H groups in total. The minimum Gasteiger partial charge on any atom is -0.339 e. The topological polar surface area (TPSA) is 91.4 Å². The number of hydrogen-bond acceptors (Lipinski definition) is 6. The Morgan fingerprint density at radius 2 is 1.60 bits per heavy atom. The number of nitrogens with zero attached hydrogens (tertiary/aromatic N) is 2. The van der Waals surface area contributed by atoms with Crippen molar-refractivity contribution < 1.29 is 14.4 Å². The van der Waals surface area contributed by atoms with Crippen LogP contribution in [-0.2, 0) is 17.6 Å². The zero-order chi connectivity index (χ0) is 28.1. The van der Waals surface area contributed by atoms with Gasteiger partial charge in [0.05, 0.1) is 27.1 Å². The molecular weight excluding hydrogens is 541 g/mol. The van der Waals surface area contributed by atoms with E-state index >= 15 is 0 Å². The van der Waals surface area contributed by atoms with E-state index in [1.165, 1.54) is 23.1 Å². The summed E-state index contributed by atoms with van der Waals surface area (Å²) in [5.41, 5.74) is 5.41. The summed E-state index contributed by atoms with van der Waals surface area (Å²) in [7, 11) is 0. The van der Waals surface area contributed by atoms with Crippen LogP contribution in [0.1, 0.15) is 58.5 Å². The molecule has 1 saturated heterocycles. The summed E-state index contributed by atoms with van der Waals surface area (Å²) in [6.45, 7) is 5.63. The van der Waals surface area contributed by atoms with Crippen LogP contribution < -0.4 is 10.6 Å². The highest BCUT2D eigenvalue weighted by Gasteiger charge is 2.24. The van der Waals surface area contributed by atoms with Crippen molar-refractivity contribution in [1.29, 1.82) is 0 Å². The zero-order valence-electron chi connectivity index (χ0n) is 22.7. The van der Waals surface area contributed by atoms with Gasteiger partial charge in [-0.25, -0.2) is 4.98 Å². The summed E-state index contributed by atoms with van der Waals surface area (Å²) >= 11 is 2.88. The fourth-order valence-electron chi connectivity index (χ4n) is 4.91. The molecule has 0 aliphatic carbocycles. The smallest absolute Gasteiger partial charge is 0.256 e. The molecule has 0 saturated carbocycles. The third-order valence-electron chi connectivity index (χ3n) is 7.01. The average molecular weight is 573 g/mol. The molecule has 5 rings (SSSR count). The first-order chi connectivity index (χ1) is 19.5. The predicted molar refractivity (Wildman–Crippen MR) is 164 cm³/mol. The second-order valence-electron chi connectivity index (χ2n) is 9.66. The number of rotatable bonds is 9. The van der Waals surface area contributed by atoms with E-state index in [-0.39, 0.29) is 23.5 Å². The molecule has 7 nitrogen and oxygen atoms in total. The Labute approximate surface area is 242 Å². The van der Waals surface area contributed by atoms with Gasteiger partial charge in [-0.05, 0) is 67.1 Å². The van der Waals surface area contributed by atoms with Crippen LogP contribution in [0.2, 0.25) is 0 Å². The van der Waals surface area contributed by atoms with Crippen molar-refractivity contribution in [2.45, 2.75) is 43.9 Å². The number of thioether (sulfide) groups is 1. The maximum atomic E-state index is 13.2. The summed E-state index contributed by atoms with van der Waals surface area (Å²) < 4.78 is 1.70. The molecular formula is C31H32N4O3S2. The molecule has 1 fully saturated rings. The summed E-state index contributed by atoms with van der Waals surface area (Å²) in [5, 5.41) is 6.05. The van der Waals surface area contributed by atoms with Gasteiger partial charge in [0.25, 0.3) is 11.8 Å². The van der Waals surface area contributed by atoms with Gasteiger partial charge in [-0.1, -0.05) is 55.9 Å². The summed E-state index contributed by atoms with van der Waals surface area (Å²) in [6.07, 6.45) is 3.69. The first-order valence-corrected chi connectivity index (χ1v) is 15.4. The van der Waals surface area contributed by atoms with E-state index in [1.54, 1.807) is 35.2 Å². The monoisotopic (exact) mass is 572 g/mol. The zero-order valence-corrected chi connectivity index (χ0v) is 24.3. The quantitative estimate of drug-likeness (QED) is 0.219. The van der Waals surface area contributed by atoms with Crippen molar-refractivity contribution in [3.8, 4) is 0 Å². The van der Waals surface area contributed by atoms with Crippen LogP contribution in [0.4, 0.5) is 11.4 Å². The number of aryl methyl sites for hydroxylation is 2. The van der Waals surface area contributed by atoms with Gasteiger partial charge < -0.3 is 15.5 Å². The molecule has 1 aliphatic rings. The Balaban J connectivity index is 1.24. The molecule has 3 aromatic carbocycles. The van der Waals surface area contributed by atoms with Gasteiger partial charge in [0.1, 0.15) is 0 Å². The SMILES string of the molecule is CCc1cccc(CC)c1NC(=O)CSc1nc2ccc(NC(=O)c3ccccc3C(=O)N3CCCC3)cc2s1. The van der Waals surface area contributed by atoms with Crippen LogP contribution in [0.3, 0.4) is 0 Å². The maximum absolute atomic E-state index is 13.2. The summed E-state index contributed by atoms with van der Waals surface area (Å²) in [6, 6.07) is 18.6. The molecule has 0 unspecified atom stereocenters. The second-order valence-corrected chi connectivity index (χ2v) is 11.9. The van der Waals surface area contributed by atoms with E-state index in [1.807, 2.05) is 18.2 Å². The van der Waals surface area contributed by atoms with Gasteiger partial charge in [0, 0.05) is 24.5 Å². The third-order valence-corrected chi connectivity index (χ3v) is 9.17. The fraction of sp³-hybridized carbons (Fsp3) is 0.290. The van der Waals surface area contributed by atoms with Crippen LogP contribution in [0, 0.1) is 0 Å². The van der Waals surface area contributed by atoms with Gasteiger partial charge in [-0.3, -0.25) is 14.4 Å². The number of amides is 3. The van der Waals surface area contributed by atoms with Gasteiger partial charge in [0.2, 0.25) is 5.91 Å². The number of thiazole rings is 1. The highest BCUT2D eigenvalue weighted by Crippen LogP contribution is 2.32. The third kappa shape index (κ3) is 6.21. The van der Waals surface area contributed by atoms with E-state index in [2.05, 4.69) is 41.6 Å². The van der Waals surface area contributed by atoms with Gasteiger partial charge in [-0.2, -0.15) is 0 Å². The van der Waals surface area contributed by atoms with E-state index < -0.39 is 0 Å². The summed E-state index contributed by atoms with van der Waals surface area (Å²) in [5.74, 6) is -0.227. The molecule has 40 heavy (non-hydrogen) atoms. The largest absolute Gasteiger partial charge is 0.339 e. The predicted octanol–water partition coefficient (Wildman–Crippen LogP) is 6.64. The Kier molecular flexibility index (Phi) is 8.81. The lowest BCUT2D eigenvalue weighted by atomic mass is 10.0. The first-order valence-electron chi connectivity index (χ1n) is 13.6. The first kappa shape index (κ1) is 27.9. The molecule has 1 aromatic heterocycles. The Morgan fingerprint density at radius 1 is 0.900 bits per heavy atom. The number of likely N-dealkylation sites (tertiary alicyclic amines) is 1. The lowest BCUT2D eigenvalue weighted by Crippen LogP contribution is -2.29. The summed E-state index contributed by atoms with van der Waals surface area (Å²) in [4.78, 5) is 45.4. The number of para-hydroxylation sites is 1. The van der Waals surface area contributed by atoms with Gasteiger partial charge >= 0.3 is 0 Å². The van der Waals surface area contributed by atoms with Gasteiger partial charge in [-0.15, -0.1) is 11.3 Å². The number of fused-ring (bicyclic) bond motifs is 1. The average Bonchev–Trinajstić information content (AvgIpc) is 3.66. The van der Waals surface area contributed by atoms with Crippen molar-refractivity contribution in [3.05, 3.63) is 82.9 Å². The van der Waals surface area contributed by atoms with E-state index in [0.717, 1.165) is 70.1 Å². The number of aromatic nitrogens is 1. The molecule has 9 heteroatoms. The molecule has 3 amide bonds. The minimum absolute atomic E-state index is 0.0602. The molecule has 1 aliphatic heterocycles. The molecule has 206 valence electrons. The Bertz CT molecular complexity index is 1540. The van der Waals surface area contributed by atoms with E-state index in [0.29, 0.717) is 16.8 Å². The van der Waals surface area contributed by atoms with Crippen LogP contribution in [-0.4, -0.2) is 46.4 Å². The van der Waals surface area contributed by atoms with Crippen molar-refractivity contribution in [3.63, 3.8) is 0 Å². The molecule has 0 radical (unpaired) electrons. The minimum atomic E-state index is -0.322. The highest BCUT2D eigenvalue weighted by molar-refractivity contribution is 8.01. The molecule has 0 spiro atoms. The molecule has 4 aromatic rings. The van der Waals surface area contributed by atoms with Crippen molar-refractivity contribution in [2.24, 2.45) is 0 Å². The van der Waals surface area contributed by atoms with Crippen LogP contribution in [0.5, 0.6) is 0 Å². The highest BCUT2D eigenvalue weighted by atomic mass is 32.2. The van der Waals surface area contributed by atoms with Crippen molar-refractivity contribution in [2.75, 3.05) is 29.5 Å². The van der Waals surface area contributed by atoms with Crippen LogP contribution in [0.15, 0.2) is 65.0 Å². The van der Waals surface area contributed by atoms with Crippen LogP contribution >= 0.6 is 23.1 Å². The normalized spacial score (nSPS) is 13.0. The van der Waals surface area contributed by atoms with Crippen LogP contribution in [0.25, 0.3) is 10.2 Å². The van der Waals surface area contributed by atoms with E-state index in [9.17, 15) is 14.4 Å². The number of nitrogens with one attached hydrogen (secondary N) is 2. The van der Waals surface area contributed by atoms with Crippen molar-refractivity contribution in [1.82, 2.24) is 9.88 Å². The lowest BCUT2D eigenvalue weighted by molar-refractivity contribution is -0.113. The van der Waals surface area contributed by atoms with Crippen molar-refractivity contribution >= 4 is 62.4 Å². The number of carbonyl (C=O) groups excluding carboxylic acids is 3. The molecule has 0 bridgehead atoms. The molecule has 0 atom stereocenters. The second kappa shape index (κ2) is 12.7. The lowest BCUT2D eigenvalue weighted by Gasteiger charge is -2.17. The Morgan fingerprint density at radius 3 is 2.30 bits per heavy atom. The number of anilines is 2. The van der Waals surface area contributed by atoms with E-state index in [4.69, 9.17) is 0 Å². The number of carbonyl (C=O) groups is 3. The molecule has 2 heterocycles. The number of hydrogen-bond donors (Lipinski definition) is 2. The number of benzene rings is 3. The maximum Gasteiger partial charge on any atom is 0.256 e. The van der Waals surface area contributed by atoms with Gasteiger partial charge in [0.15, 0.2) is 4.34 Å². The standard InChI is InChI=1S/C31H32N4O3S2/c1-3-20-10-9-11-21(4-2)28(20)34-27(36)19-39-31-33-25-15-14-22(18-26(25)40-31)32-29(37)23-12-5-6-13-24(23)30(38)35-16-7-8-17-35/h5-6,9-15,18H,3-4,7-8,16-17,19H2,1-2H3,(H,32,37)(H,34,36). The Hall–Kier alpha value is -3.69.